The van der Waals surface area contributed by atoms with Crippen LogP contribution in [0, 0.1) is 0 Å². The molecule has 120 valence electrons. The summed E-state index contributed by atoms with van der Waals surface area (Å²) in [6.07, 6.45) is 0.404. The summed E-state index contributed by atoms with van der Waals surface area (Å²) < 4.78 is 10.4. The van der Waals surface area contributed by atoms with Crippen LogP contribution in [0.15, 0.2) is 18.2 Å². The zero-order valence-corrected chi connectivity index (χ0v) is 12.2. The van der Waals surface area contributed by atoms with Gasteiger partial charge in [0.05, 0.1) is 17.9 Å². The lowest BCUT2D eigenvalue weighted by Gasteiger charge is -2.30. The fourth-order valence-corrected chi connectivity index (χ4v) is 2.88. The van der Waals surface area contributed by atoms with Gasteiger partial charge in [-0.05, 0) is 25.0 Å². The highest BCUT2D eigenvalue weighted by molar-refractivity contribution is 6.00. The minimum absolute atomic E-state index is 0.0126. The van der Waals surface area contributed by atoms with Crippen molar-refractivity contribution in [2.75, 3.05) is 23.0 Å². The number of nitrogens with zero attached hydrogens (tertiary/aromatic N) is 2. The molecule has 23 heavy (non-hydrogen) atoms. The molecule has 1 saturated heterocycles. The highest BCUT2D eigenvalue weighted by Gasteiger charge is 2.39. The van der Waals surface area contributed by atoms with Crippen molar-refractivity contribution in [2.24, 2.45) is 5.73 Å². The molecule has 8 heteroatoms. The van der Waals surface area contributed by atoms with Gasteiger partial charge in [0.25, 0.3) is 11.8 Å². The summed E-state index contributed by atoms with van der Waals surface area (Å²) >= 11 is 0. The summed E-state index contributed by atoms with van der Waals surface area (Å²) in [5.41, 5.74) is 6.43. The number of carbonyl (C=O) groups is 3. The van der Waals surface area contributed by atoms with E-state index in [0.29, 0.717) is 17.1 Å². The average molecular weight is 317 g/mol. The molecule has 2 fully saturated rings. The van der Waals surface area contributed by atoms with E-state index in [4.69, 9.17) is 15.2 Å². The molecule has 1 unspecified atom stereocenters. The third-order valence-electron chi connectivity index (χ3n) is 4.18. The Morgan fingerprint density at radius 1 is 1.26 bits per heavy atom. The summed E-state index contributed by atoms with van der Waals surface area (Å²) in [4.78, 5) is 38.2. The maximum absolute atomic E-state index is 12.0. The van der Waals surface area contributed by atoms with E-state index in [-0.39, 0.29) is 25.1 Å². The van der Waals surface area contributed by atoms with E-state index in [1.54, 1.807) is 23.1 Å². The molecule has 8 nitrogen and oxygen atoms in total. The number of hydrogen-bond acceptors (Lipinski definition) is 5. The molecule has 0 bridgehead atoms. The predicted octanol–water partition coefficient (Wildman–Crippen LogP) is 0.385. The molecule has 2 N–H and O–H groups in total. The summed E-state index contributed by atoms with van der Waals surface area (Å²) in [6, 6.07) is 5.39. The van der Waals surface area contributed by atoms with E-state index in [1.807, 2.05) is 0 Å². The van der Waals surface area contributed by atoms with Gasteiger partial charge >= 0.3 is 6.09 Å². The lowest BCUT2D eigenvalue weighted by Crippen LogP contribution is -2.40. The van der Waals surface area contributed by atoms with Crippen molar-refractivity contribution < 1.29 is 23.9 Å². The second kappa shape index (κ2) is 4.87. The lowest BCUT2D eigenvalue weighted by atomic mass is 10.2. The molecule has 0 aromatic heterocycles. The number of amides is 3. The van der Waals surface area contributed by atoms with Gasteiger partial charge in [0.15, 0.2) is 12.7 Å². The van der Waals surface area contributed by atoms with Gasteiger partial charge in [-0.1, -0.05) is 0 Å². The van der Waals surface area contributed by atoms with Crippen LogP contribution in [0.4, 0.5) is 16.2 Å². The van der Waals surface area contributed by atoms with E-state index in [1.165, 1.54) is 4.90 Å². The van der Waals surface area contributed by atoms with Crippen molar-refractivity contribution in [1.29, 1.82) is 0 Å². The molecule has 0 spiro atoms. The number of hydrogen-bond donors (Lipinski definition) is 1. The molecule has 1 aromatic carbocycles. The van der Waals surface area contributed by atoms with E-state index in [9.17, 15) is 14.4 Å². The van der Waals surface area contributed by atoms with Gasteiger partial charge in [-0.25, -0.2) is 4.79 Å². The third-order valence-corrected chi connectivity index (χ3v) is 4.18. The van der Waals surface area contributed by atoms with Crippen LogP contribution in [-0.4, -0.2) is 43.2 Å². The van der Waals surface area contributed by atoms with Crippen LogP contribution in [0.3, 0.4) is 0 Å². The molecule has 1 atom stereocenters. The van der Waals surface area contributed by atoms with Crippen LogP contribution in [0.1, 0.15) is 12.8 Å². The molecule has 3 amide bonds. The Morgan fingerprint density at radius 3 is 2.70 bits per heavy atom. The molecule has 1 aliphatic carbocycles. The molecular formula is C15H15N3O5. The Labute approximate surface area is 131 Å². The fourth-order valence-electron chi connectivity index (χ4n) is 2.88. The second-order valence-corrected chi connectivity index (χ2v) is 5.82. The molecule has 3 aliphatic rings. The average Bonchev–Trinajstić information content (AvgIpc) is 3.28. The largest absolute Gasteiger partial charge is 0.481 e. The number of primary amides is 1. The van der Waals surface area contributed by atoms with E-state index in [0.717, 1.165) is 12.8 Å². The van der Waals surface area contributed by atoms with Crippen LogP contribution in [0.25, 0.3) is 0 Å². The standard InChI is InChI=1S/C15H15N3O5/c16-14(20)12-6-17(15(21)23-12)9-3-4-10-11(5-9)22-7-13(19)18(10)8-1-2-8/h3-5,8,12H,1-2,6-7H2,(H2,16,20). The summed E-state index contributed by atoms with van der Waals surface area (Å²) in [5.74, 6) is -0.188. The summed E-state index contributed by atoms with van der Waals surface area (Å²) in [7, 11) is 0. The monoisotopic (exact) mass is 317 g/mol. The number of fused-ring (bicyclic) bond motifs is 1. The molecule has 2 aliphatic heterocycles. The van der Waals surface area contributed by atoms with Crippen LogP contribution in [0.5, 0.6) is 5.75 Å². The fraction of sp³-hybridized carbons (Fsp3) is 0.400. The Hall–Kier alpha value is -2.77. The SMILES string of the molecule is NC(=O)C1CN(c2ccc3c(c2)OCC(=O)N3C2CC2)C(=O)O1. The number of anilines is 2. The van der Waals surface area contributed by atoms with Gasteiger partial charge in [0, 0.05) is 12.1 Å². The van der Waals surface area contributed by atoms with Crippen molar-refractivity contribution in [2.45, 2.75) is 25.0 Å². The Bertz CT molecular complexity index is 715. The topological polar surface area (TPSA) is 102 Å². The van der Waals surface area contributed by atoms with Crippen molar-refractivity contribution in [3.63, 3.8) is 0 Å². The zero-order chi connectivity index (χ0) is 16.1. The highest BCUT2D eigenvalue weighted by Crippen LogP contribution is 2.41. The van der Waals surface area contributed by atoms with Gasteiger partial charge in [-0.15, -0.1) is 0 Å². The second-order valence-electron chi connectivity index (χ2n) is 5.82. The van der Waals surface area contributed by atoms with Crippen molar-refractivity contribution in [3.05, 3.63) is 18.2 Å². The lowest BCUT2D eigenvalue weighted by molar-refractivity contribution is -0.124. The van der Waals surface area contributed by atoms with E-state index in [2.05, 4.69) is 0 Å². The Kier molecular flexibility index (Phi) is 2.93. The van der Waals surface area contributed by atoms with Crippen LogP contribution in [-0.2, 0) is 14.3 Å². The molecular weight excluding hydrogens is 302 g/mol. The van der Waals surface area contributed by atoms with E-state index >= 15 is 0 Å². The number of benzene rings is 1. The molecule has 2 heterocycles. The molecule has 1 saturated carbocycles. The van der Waals surface area contributed by atoms with Gasteiger partial charge in [0.1, 0.15) is 5.75 Å². The van der Waals surface area contributed by atoms with Gasteiger partial charge in [-0.2, -0.15) is 0 Å². The van der Waals surface area contributed by atoms with Crippen molar-refractivity contribution >= 4 is 29.3 Å². The number of rotatable bonds is 3. The van der Waals surface area contributed by atoms with Gasteiger partial charge in [-0.3, -0.25) is 14.5 Å². The maximum atomic E-state index is 12.0. The summed E-state index contributed by atoms with van der Waals surface area (Å²) in [6.45, 7) is 0.0551. The van der Waals surface area contributed by atoms with Crippen molar-refractivity contribution in [3.8, 4) is 5.75 Å². The first-order chi connectivity index (χ1) is 11.0. The molecule has 1 aromatic rings. The predicted molar refractivity (Wildman–Crippen MR) is 79.3 cm³/mol. The summed E-state index contributed by atoms with van der Waals surface area (Å²) in [5, 5.41) is 0. The number of cyclic esters (lactones) is 1. The normalized spacial score (nSPS) is 23.4. The zero-order valence-electron chi connectivity index (χ0n) is 12.2. The van der Waals surface area contributed by atoms with E-state index < -0.39 is 18.1 Å². The quantitative estimate of drug-likeness (QED) is 0.868. The minimum Gasteiger partial charge on any atom is -0.481 e. The Balaban J connectivity index is 1.64. The maximum Gasteiger partial charge on any atom is 0.415 e. The van der Waals surface area contributed by atoms with Crippen molar-refractivity contribution in [1.82, 2.24) is 0 Å². The minimum atomic E-state index is -0.955. The molecule has 0 radical (unpaired) electrons. The van der Waals surface area contributed by atoms with Crippen LogP contribution >= 0.6 is 0 Å². The first-order valence-corrected chi connectivity index (χ1v) is 7.41. The highest BCUT2D eigenvalue weighted by atomic mass is 16.6. The number of carbonyl (C=O) groups excluding carboxylic acids is 3. The number of nitrogens with two attached hydrogens (primary N) is 1. The van der Waals surface area contributed by atoms with Crippen LogP contribution in [0.2, 0.25) is 0 Å². The van der Waals surface area contributed by atoms with Gasteiger partial charge in [0.2, 0.25) is 0 Å². The first kappa shape index (κ1) is 13.9. The third kappa shape index (κ3) is 2.26. The Morgan fingerprint density at radius 2 is 2.04 bits per heavy atom. The number of ether oxygens (including phenoxy) is 2. The smallest absolute Gasteiger partial charge is 0.415 e. The molecule has 4 rings (SSSR count). The van der Waals surface area contributed by atoms with Crippen LogP contribution < -0.4 is 20.3 Å². The van der Waals surface area contributed by atoms with Gasteiger partial charge < -0.3 is 20.1 Å². The first-order valence-electron chi connectivity index (χ1n) is 7.41.